The molecule has 7 heteroatoms. The Bertz CT molecular complexity index is 676. The molecule has 3 rings (SSSR count). The molecule has 0 N–H and O–H groups in total. The van der Waals surface area contributed by atoms with Crippen molar-refractivity contribution in [3.63, 3.8) is 0 Å². The number of rotatable bonds is 4. The topological polar surface area (TPSA) is 81.6 Å². The van der Waals surface area contributed by atoms with Gasteiger partial charge < -0.3 is 18.6 Å². The molecule has 0 bridgehead atoms. The minimum Gasteiger partial charge on any atom is -0.463 e. The van der Waals surface area contributed by atoms with Gasteiger partial charge in [0.2, 0.25) is 5.89 Å². The highest BCUT2D eigenvalue weighted by atomic mass is 16.5. The van der Waals surface area contributed by atoms with Gasteiger partial charge in [-0.05, 0) is 25.8 Å². The summed E-state index contributed by atoms with van der Waals surface area (Å²) >= 11 is 0. The van der Waals surface area contributed by atoms with Crippen LogP contribution in [0.5, 0.6) is 0 Å². The first-order valence-corrected chi connectivity index (χ1v) is 7.29. The van der Waals surface area contributed by atoms with Crippen molar-refractivity contribution in [3.8, 4) is 0 Å². The summed E-state index contributed by atoms with van der Waals surface area (Å²) < 4.78 is 15.6. The van der Waals surface area contributed by atoms with E-state index in [9.17, 15) is 4.79 Å². The number of amides is 1. The maximum atomic E-state index is 12.8. The lowest BCUT2D eigenvalue weighted by Crippen LogP contribution is -2.31. The Labute approximate surface area is 128 Å². The van der Waals surface area contributed by atoms with Gasteiger partial charge in [-0.3, -0.25) is 4.79 Å². The van der Waals surface area contributed by atoms with Crippen LogP contribution < -0.4 is 0 Å². The van der Waals surface area contributed by atoms with E-state index in [1.807, 2.05) is 0 Å². The average Bonchev–Trinajstić information content (AvgIpc) is 3.18. The SMILES string of the molecule is COCc1cc(C(=O)N2CCCC2c2noc(C)n2)c(C)o1. The maximum absolute atomic E-state index is 12.8. The van der Waals surface area contributed by atoms with Crippen molar-refractivity contribution in [2.45, 2.75) is 39.3 Å². The number of hydrogen-bond donors (Lipinski definition) is 0. The van der Waals surface area contributed by atoms with Gasteiger partial charge in [0.15, 0.2) is 5.82 Å². The highest BCUT2D eigenvalue weighted by Crippen LogP contribution is 2.32. The van der Waals surface area contributed by atoms with Crippen LogP contribution in [0.4, 0.5) is 0 Å². The molecule has 1 fully saturated rings. The van der Waals surface area contributed by atoms with Gasteiger partial charge in [-0.1, -0.05) is 5.16 Å². The summed E-state index contributed by atoms with van der Waals surface area (Å²) in [6.45, 7) is 4.56. The van der Waals surface area contributed by atoms with Crippen molar-refractivity contribution in [2.24, 2.45) is 0 Å². The van der Waals surface area contributed by atoms with Crippen LogP contribution in [0.2, 0.25) is 0 Å². The Hall–Kier alpha value is -2.15. The van der Waals surface area contributed by atoms with Crippen LogP contribution in [0.3, 0.4) is 0 Å². The first-order chi connectivity index (χ1) is 10.6. The number of aromatic nitrogens is 2. The first-order valence-electron chi connectivity index (χ1n) is 7.29. The van der Waals surface area contributed by atoms with Gasteiger partial charge in [0.1, 0.15) is 18.1 Å². The third-order valence-electron chi connectivity index (χ3n) is 3.84. The molecule has 1 atom stereocenters. The molecule has 1 aliphatic rings. The Balaban J connectivity index is 1.84. The van der Waals surface area contributed by atoms with Crippen molar-refractivity contribution in [2.75, 3.05) is 13.7 Å². The van der Waals surface area contributed by atoms with E-state index in [0.29, 0.717) is 42.0 Å². The second kappa shape index (κ2) is 5.92. The predicted octanol–water partition coefficient (Wildman–Crippen LogP) is 2.40. The molecule has 0 aromatic carbocycles. The van der Waals surface area contributed by atoms with Crippen molar-refractivity contribution >= 4 is 5.91 Å². The molecule has 2 aromatic rings. The molecule has 0 spiro atoms. The second-order valence-electron chi connectivity index (χ2n) is 5.44. The monoisotopic (exact) mass is 305 g/mol. The van der Waals surface area contributed by atoms with Crippen LogP contribution in [0.1, 0.15) is 52.5 Å². The fourth-order valence-corrected chi connectivity index (χ4v) is 2.85. The van der Waals surface area contributed by atoms with Crippen molar-refractivity contribution < 1.29 is 18.5 Å². The molecule has 0 radical (unpaired) electrons. The van der Waals surface area contributed by atoms with Crippen molar-refractivity contribution in [1.82, 2.24) is 15.0 Å². The minimum atomic E-state index is -0.134. The number of nitrogens with zero attached hydrogens (tertiary/aromatic N) is 3. The van der Waals surface area contributed by atoms with E-state index in [0.717, 1.165) is 12.8 Å². The number of ether oxygens (including phenoxy) is 1. The molecule has 22 heavy (non-hydrogen) atoms. The van der Waals surface area contributed by atoms with Crippen molar-refractivity contribution in [1.29, 1.82) is 0 Å². The molecule has 3 heterocycles. The second-order valence-corrected chi connectivity index (χ2v) is 5.44. The van der Waals surface area contributed by atoms with Gasteiger partial charge in [0.25, 0.3) is 5.91 Å². The summed E-state index contributed by atoms with van der Waals surface area (Å²) in [6, 6.07) is 1.61. The van der Waals surface area contributed by atoms with E-state index in [2.05, 4.69) is 10.1 Å². The Morgan fingerprint density at radius 3 is 3.00 bits per heavy atom. The molecule has 1 aliphatic heterocycles. The molecule has 0 aliphatic carbocycles. The van der Waals surface area contributed by atoms with Gasteiger partial charge in [-0.2, -0.15) is 4.98 Å². The number of aryl methyl sites for hydroxylation is 2. The number of carbonyl (C=O) groups excluding carboxylic acids is 1. The number of methoxy groups -OCH3 is 1. The fraction of sp³-hybridized carbons (Fsp3) is 0.533. The molecule has 1 saturated heterocycles. The van der Waals surface area contributed by atoms with Crippen LogP contribution in [-0.4, -0.2) is 34.6 Å². The fourth-order valence-electron chi connectivity index (χ4n) is 2.85. The lowest BCUT2D eigenvalue weighted by Gasteiger charge is -2.21. The third-order valence-corrected chi connectivity index (χ3v) is 3.84. The Kier molecular flexibility index (Phi) is 3.98. The minimum absolute atomic E-state index is 0.0615. The summed E-state index contributed by atoms with van der Waals surface area (Å²) in [7, 11) is 1.59. The van der Waals surface area contributed by atoms with Crippen LogP contribution in [0.25, 0.3) is 0 Å². The molecule has 1 unspecified atom stereocenters. The standard InChI is InChI=1S/C15H19N3O4/c1-9-12(7-11(21-9)8-20-3)15(19)18-6-4-5-13(18)14-16-10(2)22-17-14/h7,13H,4-6,8H2,1-3H3. The predicted molar refractivity (Wildman–Crippen MR) is 76.2 cm³/mol. The number of likely N-dealkylation sites (tertiary alicyclic amines) is 1. The molecule has 0 saturated carbocycles. The molecule has 118 valence electrons. The molecule has 1 amide bonds. The van der Waals surface area contributed by atoms with Gasteiger partial charge in [0, 0.05) is 20.6 Å². The summed E-state index contributed by atoms with van der Waals surface area (Å²) in [5.41, 5.74) is 0.569. The zero-order chi connectivity index (χ0) is 15.7. The quantitative estimate of drug-likeness (QED) is 0.862. The van der Waals surface area contributed by atoms with Crippen LogP contribution in [0.15, 0.2) is 15.0 Å². The van der Waals surface area contributed by atoms with E-state index in [-0.39, 0.29) is 11.9 Å². The zero-order valence-electron chi connectivity index (χ0n) is 13.0. The van der Waals surface area contributed by atoms with Gasteiger partial charge in [0.05, 0.1) is 11.6 Å². The van der Waals surface area contributed by atoms with E-state index in [1.54, 1.807) is 31.9 Å². The van der Waals surface area contributed by atoms with Gasteiger partial charge in [-0.15, -0.1) is 0 Å². The molecular formula is C15H19N3O4. The third kappa shape index (κ3) is 2.64. The molecule has 7 nitrogen and oxygen atoms in total. The Morgan fingerprint density at radius 2 is 2.32 bits per heavy atom. The van der Waals surface area contributed by atoms with Crippen molar-refractivity contribution in [3.05, 3.63) is 34.9 Å². The zero-order valence-corrected chi connectivity index (χ0v) is 13.0. The summed E-state index contributed by atoms with van der Waals surface area (Å²) in [5.74, 6) is 2.27. The van der Waals surface area contributed by atoms with Crippen LogP contribution in [-0.2, 0) is 11.3 Å². The van der Waals surface area contributed by atoms with Crippen LogP contribution in [0, 0.1) is 13.8 Å². The molecule has 2 aromatic heterocycles. The summed E-state index contributed by atoms with van der Waals surface area (Å²) in [5, 5.41) is 3.96. The molecular weight excluding hydrogens is 286 g/mol. The highest BCUT2D eigenvalue weighted by molar-refractivity contribution is 5.95. The van der Waals surface area contributed by atoms with E-state index < -0.39 is 0 Å². The normalized spacial score (nSPS) is 18.1. The first kappa shape index (κ1) is 14.8. The van der Waals surface area contributed by atoms with Gasteiger partial charge >= 0.3 is 0 Å². The summed E-state index contributed by atoms with van der Waals surface area (Å²) in [4.78, 5) is 18.9. The highest BCUT2D eigenvalue weighted by Gasteiger charge is 2.35. The maximum Gasteiger partial charge on any atom is 0.258 e. The van der Waals surface area contributed by atoms with E-state index in [1.165, 1.54) is 0 Å². The lowest BCUT2D eigenvalue weighted by atomic mass is 10.1. The number of furan rings is 1. The largest absolute Gasteiger partial charge is 0.463 e. The van der Waals surface area contributed by atoms with Crippen LogP contribution >= 0.6 is 0 Å². The summed E-state index contributed by atoms with van der Waals surface area (Å²) in [6.07, 6.45) is 1.76. The number of carbonyl (C=O) groups is 1. The Morgan fingerprint density at radius 1 is 1.50 bits per heavy atom. The van der Waals surface area contributed by atoms with E-state index in [4.69, 9.17) is 13.7 Å². The smallest absolute Gasteiger partial charge is 0.258 e. The average molecular weight is 305 g/mol. The number of hydrogen-bond acceptors (Lipinski definition) is 6. The van der Waals surface area contributed by atoms with Gasteiger partial charge in [-0.25, -0.2) is 0 Å². The van der Waals surface area contributed by atoms with E-state index >= 15 is 0 Å². The lowest BCUT2D eigenvalue weighted by molar-refractivity contribution is 0.0726.